The molecule has 0 radical (unpaired) electrons. The van der Waals surface area contributed by atoms with E-state index in [9.17, 15) is 18.4 Å². The summed E-state index contributed by atoms with van der Waals surface area (Å²) in [6.45, 7) is 3.03. The molecule has 3 aliphatic rings. The summed E-state index contributed by atoms with van der Waals surface area (Å²) in [5.41, 5.74) is 0.0339. The van der Waals surface area contributed by atoms with E-state index in [1.807, 2.05) is 4.90 Å². The molecule has 9 heteroatoms. The van der Waals surface area contributed by atoms with Crippen LogP contribution in [0.2, 0.25) is 0 Å². The van der Waals surface area contributed by atoms with Gasteiger partial charge in [-0.05, 0) is 44.2 Å². The predicted octanol–water partition coefficient (Wildman–Crippen LogP) is 4.00. The molecule has 2 amide bonds. The molecule has 1 aromatic heterocycles. The van der Waals surface area contributed by atoms with Crippen molar-refractivity contribution in [2.24, 2.45) is 5.92 Å². The molecule has 1 aromatic carbocycles. The summed E-state index contributed by atoms with van der Waals surface area (Å²) in [4.78, 5) is 30.9. The van der Waals surface area contributed by atoms with Gasteiger partial charge in [0.05, 0.1) is 11.5 Å². The third-order valence-electron chi connectivity index (χ3n) is 7.73. The highest BCUT2D eigenvalue weighted by molar-refractivity contribution is 5.94. The number of halogens is 2. The Bertz CT molecular complexity index is 1060. The summed E-state index contributed by atoms with van der Waals surface area (Å²) in [7, 11) is 0. The smallest absolute Gasteiger partial charge is 0.273 e. The van der Waals surface area contributed by atoms with E-state index in [1.54, 1.807) is 0 Å². The first-order valence-electron chi connectivity index (χ1n) is 12.8. The minimum Gasteiger partial charge on any atom is -0.355 e. The minimum absolute atomic E-state index is 0.00538. The van der Waals surface area contributed by atoms with Gasteiger partial charge in [-0.3, -0.25) is 14.5 Å². The van der Waals surface area contributed by atoms with Gasteiger partial charge in [-0.25, -0.2) is 8.78 Å². The Hall–Kier alpha value is -2.81. The van der Waals surface area contributed by atoms with E-state index in [4.69, 9.17) is 4.52 Å². The number of aromatic nitrogens is 1. The first-order valence-corrected chi connectivity index (χ1v) is 12.8. The van der Waals surface area contributed by atoms with E-state index < -0.39 is 17.5 Å². The average Bonchev–Trinajstić information content (AvgIpc) is 3.57. The quantitative estimate of drug-likeness (QED) is 0.691. The van der Waals surface area contributed by atoms with Crippen molar-refractivity contribution in [1.29, 1.82) is 0 Å². The molecule has 1 aliphatic carbocycles. The lowest BCUT2D eigenvalue weighted by molar-refractivity contribution is -0.137. The number of likely N-dealkylation sites (tertiary alicyclic amines) is 2. The largest absolute Gasteiger partial charge is 0.355 e. The number of rotatable bonds is 5. The number of carbonyl (C=O) groups is 2. The zero-order chi connectivity index (χ0) is 24.4. The van der Waals surface area contributed by atoms with Gasteiger partial charge in [-0.15, -0.1) is 0 Å². The molecule has 7 nitrogen and oxygen atoms in total. The number of amides is 2. The van der Waals surface area contributed by atoms with Crippen LogP contribution in [0.3, 0.4) is 0 Å². The number of carbonyl (C=O) groups excluding carboxylic acids is 2. The number of nitrogens with one attached hydrogen (secondary N) is 1. The van der Waals surface area contributed by atoms with Gasteiger partial charge in [0.2, 0.25) is 5.91 Å². The second-order valence-corrected chi connectivity index (χ2v) is 9.99. The van der Waals surface area contributed by atoms with Crippen LogP contribution in [0, 0.1) is 17.6 Å². The van der Waals surface area contributed by atoms with Crippen molar-refractivity contribution in [2.75, 3.05) is 26.2 Å². The molecular formula is C26H32F2N4O3. The molecule has 0 unspecified atom stereocenters. The van der Waals surface area contributed by atoms with E-state index in [0.717, 1.165) is 44.6 Å². The van der Waals surface area contributed by atoms with Crippen molar-refractivity contribution in [3.63, 3.8) is 0 Å². The lowest BCUT2D eigenvalue weighted by Gasteiger charge is -2.43. The lowest BCUT2D eigenvalue weighted by atomic mass is 9.86. The Morgan fingerprint density at radius 1 is 0.971 bits per heavy atom. The third-order valence-corrected chi connectivity index (χ3v) is 7.73. The Balaban J connectivity index is 1.30. The topological polar surface area (TPSA) is 78.7 Å². The van der Waals surface area contributed by atoms with Gasteiger partial charge in [-0.2, -0.15) is 0 Å². The van der Waals surface area contributed by atoms with Crippen LogP contribution in [0.5, 0.6) is 0 Å². The van der Waals surface area contributed by atoms with Crippen molar-refractivity contribution < 1.29 is 22.9 Å². The zero-order valence-electron chi connectivity index (χ0n) is 19.8. The number of nitrogens with zero attached hydrogens (tertiary/aromatic N) is 3. The molecule has 188 valence electrons. The van der Waals surface area contributed by atoms with Gasteiger partial charge in [-0.1, -0.05) is 24.4 Å². The van der Waals surface area contributed by atoms with Crippen molar-refractivity contribution >= 4 is 11.8 Å². The fourth-order valence-electron chi connectivity index (χ4n) is 5.79. The van der Waals surface area contributed by atoms with E-state index in [0.29, 0.717) is 19.0 Å². The zero-order valence-corrected chi connectivity index (χ0v) is 19.8. The Morgan fingerprint density at radius 2 is 1.74 bits per heavy atom. The second kappa shape index (κ2) is 10.4. The van der Waals surface area contributed by atoms with Crippen molar-refractivity contribution in [1.82, 2.24) is 20.3 Å². The summed E-state index contributed by atoms with van der Waals surface area (Å²) in [5, 5.41) is 6.82. The Labute approximate surface area is 203 Å². The molecule has 1 N–H and O–H groups in total. The fourth-order valence-corrected chi connectivity index (χ4v) is 5.79. The summed E-state index contributed by atoms with van der Waals surface area (Å²) in [6.07, 6.45) is 8.80. The van der Waals surface area contributed by atoms with Gasteiger partial charge in [0.1, 0.15) is 11.6 Å². The predicted molar refractivity (Wildman–Crippen MR) is 125 cm³/mol. The highest BCUT2D eigenvalue weighted by Crippen LogP contribution is 2.30. The number of hydrogen-bond donors (Lipinski definition) is 1. The van der Waals surface area contributed by atoms with Gasteiger partial charge in [0.25, 0.3) is 5.91 Å². The minimum atomic E-state index is -0.792. The van der Waals surface area contributed by atoms with Gasteiger partial charge in [0.15, 0.2) is 11.5 Å². The summed E-state index contributed by atoms with van der Waals surface area (Å²) >= 11 is 0. The maximum atomic E-state index is 14.1. The molecule has 35 heavy (non-hydrogen) atoms. The second-order valence-electron chi connectivity index (χ2n) is 9.99. The Kier molecular flexibility index (Phi) is 7.13. The van der Waals surface area contributed by atoms with Crippen molar-refractivity contribution in [3.05, 3.63) is 41.6 Å². The van der Waals surface area contributed by atoms with Crippen LogP contribution in [0.4, 0.5) is 8.78 Å². The van der Waals surface area contributed by atoms with E-state index >= 15 is 0 Å². The summed E-state index contributed by atoms with van der Waals surface area (Å²) in [5.74, 6) is -2.10. The molecule has 0 spiro atoms. The normalized spacial score (nSPS) is 24.0. The van der Waals surface area contributed by atoms with Gasteiger partial charge >= 0.3 is 0 Å². The maximum Gasteiger partial charge on any atom is 0.273 e. The standard InChI is InChI=1S/C26H32F2N4O3/c27-17-8-9-19(21(28)14-17)24-15-23(30-35-24)25(33)29-22-10-13-32(18-6-2-1-3-7-18)16-20(22)26(34)31-11-4-5-12-31/h8-9,14-15,18,20,22H,1-7,10-13,16H2,(H,29,33)/t20-,22-/m0/s1. The van der Waals surface area contributed by atoms with Crippen LogP contribution in [0.1, 0.15) is 61.9 Å². The van der Waals surface area contributed by atoms with Crippen molar-refractivity contribution in [3.8, 4) is 11.3 Å². The summed E-state index contributed by atoms with van der Waals surface area (Å²) in [6, 6.07) is 4.68. The monoisotopic (exact) mass is 486 g/mol. The van der Waals surface area contributed by atoms with E-state index in [-0.39, 0.29) is 34.9 Å². The highest BCUT2D eigenvalue weighted by atomic mass is 19.1. The molecule has 3 heterocycles. The molecule has 2 saturated heterocycles. The SMILES string of the molecule is O=C(N[C@H]1CCN(C2CCCCC2)C[C@@H]1C(=O)N1CCCC1)c1cc(-c2ccc(F)cc2F)on1. The fraction of sp³-hybridized carbons (Fsp3) is 0.577. The lowest BCUT2D eigenvalue weighted by Crippen LogP contribution is -2.58. The maximum absolute atomic E-state index is 14.1. The highest BCUT2D eigenvalue weighted by Gasteiger charge is 2.40. The Morgan fingerprint density at radius 3 is 2.49 bits per heavy atom. The number of benzene rings is 1. The van der Waals surface area contributed by atoms with Crippen LogP contribution in [0.25, 0.3) is 11.3 Å². The molecule has 2 aromatic rings. The molecule has 0 bridgehead atoms. The molecule has 1 saturated carbocycles. The number of piperidine rings is 1. The molecule has 5 rings (SSSR count). The van der Waals surface area contributed by atoms with E-state index in [2.05, 4.69) is 15.4 Å². The average molecular weight is 487 g/mol. The molecule has 2 aliphatic heterocycles. The van der Waals surface area contributed by atoms with Crippen LogP contribution in [-0.4, -0.2) is 65.0 Å². The molecular weight excluding hydrogens is 454 g/mol. The van der Waals surface area contributed by atoms with Gasteiger partial charge < -0.3 is 14.7 Å². The van der Waals surface area contributed by atoms with Crippen LogP contribution >= 0.6 is 0 Å². The van der Waals surface area contributed by atoms with Crippen molar-refractivity contribution in [2.45, 2.75) is 63.5 Å². The number of hydrogen-bond acceptors (Lipinski definition) is 5. The summed E-state index contributed by atoms with van der Waals surface area (Å²) < 4.78 is 32.5. The third kappa shape index (κ3) is 5.24. The van der Waals surface area contributed by atoms with Gasteiger partial charge in [0, 0.05) is 50.4 Å². The first kappa shape index (κ1) is 23.9. The van der Waals surface area contributed by atoms with E-state index in [1.165, 1.54) is 44.2 Å². The first-order chi connectivity index (χ1) is 17.0. The molecule has 3 fully saturated rings. The van der Waals surface area contributed by atoms with Crippen LogP contribution in [0.15, 0.2) is 28.8 Å². The molecule has 2 atom stereocenters. The van der Waals surface area contributed by atoms with Crippen LogP contribution in [-0.2, 0) is 4.79 Å². The van der Waals surface area contributed by atoms with Crippen LogP contribution < -0.4 is 5.32 Å².